The van der Waals surface area contributed by atoms with Gasteiger partial charge >= 0.3 is 0 Å². The number of rotatable bonds is 7. The average molecular weight is 570 g/mol. The average Bonchev–Trinajstić information content (AvgIpc) is 3.32. The third-order valence-electron chi connectivity index (χ3n) is 7.59. The number of methoxy groups -OCH3 is 1. The van der Waals surface area contributed by atoms with Crippen LogP contribution in [-0.2, 0) is 6.54 Å². The number of carbonyl (C=O) groups excluding carboxylic acids is 1. The van der Waals surface area contributed by atoms with Gasteiger partial charge in [0.05, 0.1) is 22.2 Å². The van der Waals surface area contributed by atoms with Gasteiger partial charge in [-0.3, -0.25) is 9.78 Å². The van der Waals surface area contributed by atoms with Crippen molar-refractivity contribution in [1.29, 1.82) is 0 Å². The summed E-state index contributed by atoms with van der Waals surface area (Å²) >= 11 is 7.47. The molecular weight excluding hydrogens is 540 g/mol. The van der Waals surface area contributed by atoms with E-state index in [-0.39, 0.29) is 38.5 Å². The van der Waals surface area contributed by atoms with Crippen LogP contribution in [-0.4, -0.2) is 54.0 Å². The van der Waals surface area contributed by atoms with Crippen molar-refractivity contribution < 1.29 is 18.3 Å². The SMILES string of the molecule is COc1ccc(-c2cccnc2)cc1CN(C(=O)c1sc2c(F)ccc(F)c2c1Cl)[C@H]1CC[C@H](N(C)C)CC1. The Morgan fingerprint density at radius 2 is 1.77 bits per heavy atom. The molecule has 204 valence electrons. The molecule has 1 aliphatic carbocycles. The van der Waals surface area contributed by atoms with E-state index in [0.29, 0.717) is 11.8 Å². The molecule has 9 heteroatoms. The highest BCUT2D eigenvalue weighted by Gasteiger charge is 2.33. The lowest BCUT2D eigenvalue weighted by molar-refractivity contribution is 0.0573. The van der Waals surface area contributed by atoms with E-state index in [9.17, 15) is 13.6 Å². The number of halogens is 3. The van der Waals surface area contributed by atoms with Crippen LogP contribution in [0.1, 0.15) is 40.9 Å². The molecule has 0 radical (unpaired) electrons. The quantitative estimate of drug-likeness (QED) is 0.232. The van der Waals surface area contributed by atoms with E-state index >= 15 is 0 Å². The molecule has 0 spiro atoms. The molecule has 0 N–H and O–H groups in total. The standard InChI is InChI=1S/C30H30ClF2N3O2S/c1-35(2)21-7-9-22(10-8-21)36(30(37)29-27(31)26-23(32)11-12-24(33)28(26)39-29)17-20-15-18(6-13-25(20)38-3)19-5-4-14-34-16-19/h4-6,11-16,21-22H,7-10,17H2,1-3H3/t21-,22-. The number of aromatic nitrogens is 1. The zero-order chi connectivity index (χ0) is 27.7. The molecule has 2 heterocycles. The summed E-state index contributed by atoms with van der Waals surface area (Å²) in [5.41, 5.74) is 2.73. The molecule has 0 saturated heterocycles. The Morgan fingerprint density at radius 1 is 1.05 bits per heavy atom. The molecule has 2 aromatic heterocycles. The summed E-state index contributed by atoms with van der Waals surface area (Å²) < 4.78 is 34.9. The van der Waals surface area contributed by atoms with Crippen LogP contribution >= 0.6 is 22.9 Å². The number of ether oxygens (including phenoxy) is 1. The van der Waals surface area contributed by atoms with Crippen molar-refractivity contribution in [1.82, 2.24) is 14.8 Å². The van der Waals surface area contributed by atoms with E-state index in [1.165, 1.54) is 0 Å². The maximum absolute atomic E-state index is 14.6. The van der Waals surface area contributed by atoms with Gasteiger partial charge < -0.3 is 14.5 Å². The van der Waals surface area contributed by atoms with Crippen LogP contribution in [0, 0.1) is 11.6 Å². The van der Waals surface area contributed by atoms with Gasteiger partial charge in [-0.1, -0.05) is 23.7 Å². The van der Waals surface area contributed by atoms with Gasteiger partial charge in [-0.05, 0) is 75.7 Å². The summed E-state index contributed by atoms with van der Waals surface area (Å²) in [6.07, 6.45) is 7.01. The number of hydrogen-bond donors (Lipinski definition) is 0. The minimum atomic E-state index is -0.643. The number of pyridine rings is 1. The van der Waals surface area contributed by atoms with Crippen LogP contribution in [0.2, 0.25) is 5.02 Å². The molecule has 1 aliphatic rings. The molecule has 0 aliphatic heterocycles. The number of nitrogens with zero attached hydrogens (tertiary/aromatic N) is 3. The van der Waals surface area contributed by atoms with Gasteiger partial charge in [0.1, 0.15) is 22.3 Å². The normalized spacial score (nSPS) is 17.5. The lowest BCUT2D eigenvalue weighted by Crippen LogP contribution is -2.44. The first-order chi connectivity index (χ1) is 18.8. The van der Waals surface area contributed by atoms with Gasteiger partial charge in [0.25, 0.3) is 5.91 Å². The molecule has 4 aromatic rings. The van der Waals surface area contributed by atoms with Gasteiger partial charge in [-0.25, -0.2) is 8.78 Å². The maximum Gasteiger partial charge on any atom is 0.266 e. The minimum absolute atomic E-state index is 0.0416. The lowest BCUT2D eigenvalue weighted by Gasteiger charge is -2.39. The molecule has 5 nitrogen and oxygen atoms in total. The third-order valence-corrected chi connectivity index (χ3v) is 9.27. The van der Waals surface area contributed by atoms with Gasteiger partial charge in [-0.15, -0.1) is 11.3 Å². The number of thiophene rings is 1. The molecule has 1 amide bonds. The van der Waals surface area contributed by atoms with Crippen LogP contribution in [0.15, 0.2) is 54.9 Å². The summed E-state index contributed by atoms with van der Waals surface area (Å²) in [5.74, 6) is -0.916. The molecule has 5 rings (SSSR count). The van der Waals surface area contributed by atoms with Crippen molar-refractivity contribution >= 4 is 38.9 Å². The fourth-order valence-electron chi connectivity index (χ4n) is 5.42. The van der Waals surface area contributed by atoms with Crippen molar-refractivity contribution in [2.45, 2.75) is 44.3 Å². The van der Waals surface area contributed by atoms with E-state index in [2.05, 4.69) is 24.0 Å². The Hall–Kier alpha value is -3.07. The second kappa shape index (κ2) is 11.6. The first-order valence-corrected chi connectivity index (χ1v) is 14.1. The van der Waals surface area contributed by atoms with E-state index in [4.69, 9.17) is 16.3 Å². The smallest absolute Gasteiger partial charge is 0.266 e. The van der Waals surface area contributed by atoms with Crippen LogP contribution in [0.3, 0.4) is 0 Å². The highest BCUT2D eigenvalue weighted by Crippen LogP contribution is 2.40. The Kier molecular flexibility index (Phi) is 8.16. The molecule has 0 unspecified atom stereocenters. The van der Waals surface area contributed by atoms with E-state index in [1.807, 2.05) is 35.2 Å². The summed E-state index contributed by atoms with van der Waals surface area (Å²) in [6.45, 7) is 0.267. The first-order valence-electron chi connectivity index (χ1n) is 12.9. The van der Waals surface area contributed by atoms with Gasteiger partial charge in [0.2, 0.25) is 0 Å². The number of carbonyl (C=O) groups is 1. The number of amides is 1. The van der Waals surface area contributed by atoms with Crippen molar-refractivity contribution in [3.05, 3.63) is 82.0 Å². The van der Waals surface area contributed by atoms with E-state index < -0.39 is 11.6 Å². The Labute approximate surface area is 236 Å². The van der Waals surface area contributed by atoms with Crippen molar-refractivity contribution in [3.63, 3.8) is 0 Å². The number of fused-ring (bicyclic) bond motifs is 1. The molecule has 39 heavy (non-hydrogen) atoms. The van der Waals surface area contributed by atoms with Crippen LogP contribution in [0.4, 0.5) is 8.78 Å². The highest BCUT2D eigenvalue weighted by atomic mass is 35.5. The second-order valence-electron chi connectivity index (χ2n) is 10.1. The second-order valence-corrected chi connectivity index (χ2v) is 11.5. The highest BCUT2D eigenvalue weighted by molar-refractivity contribution is 7.21. The third kappa shape index (κ3) is 5.51. The predicted octanol–water partition coefficient (Wildman–Crippen LogP) is 7.42. The molecule has 2 aromatic carbocycles. The summed E-state index contributed by atoms with van der Waals surface area (Å²) in [6, 6.07) is 12.2. The lowest BCUT2D eigenvalue weighted by atomic mass is 9.89. The number of benzene rings is 2. The molecule has 1 saturated carbocycles. The molecule has 1 fully saturated rings. The van der Waals surface area contributed by atoms with Crippen LogP contribution in [0.5, 0.6) is 5.75 Å². The molecule has 0 atom stereocenters. The van der Waals surface area contributed by atoms with Crippen LogP contribution < -0.4 is 4.74 Å². The topological polar surface area (TPSA) is 45.7 Å². The van der Waals surface area contributed by atoms with E-state index in [1.54, 1.807) is 19.5 Å². The Morgan fingerprint density at radius 3 is 2.41 bits per heavy atom. The van der Waals surface area contributed by atoms with Crippen molar-refractivity contribution in [3.8, 4) is 16.9 Å². The number of hydrogen-bond acceptors (Lipinski definition) is 5. The minimum Gasteiger partial charge on any atom is -0.496 e. The summed E-state index contributed by atoms with van der Waals surface area (Å²) in [4.78, 5) is 22.6. The van der Waals surface area contributed by atoms with Gasteiger partial charge in [0.15, 0.2) is 0 Å². The zero-order valence-corrected chi connectivity index (χ0v) is 23.7. The Bertz CT molecular complexity index is 1490. The first kappa shape index (κ1) is 27.5. The largest absolute Gasteiger partial charge is 0.496 e. The zero-order valence-electron chi connectivity index (χ0n) is 22.1. The van der Waals surface area contributed by atoms with Gasteiger partial charge in [-0.2, -0.15) is 0 Å². The van der Waals surface area contributed by atoms with E-state index in [0.717, 1.165) is 65.8 Å². The van der Waals surface area contributed by atoms with Crippen LogP contribution in [0.25, 0.3) is 21.2 Å². The summed E-state index contributed by atoms with van der Waals surface area (Å²) in [5, 5.41) is -0.0857. The maximum atomic E-state index is 14.6. The Balaban J connectivity index is 1.55. The monoisotopic (exact) mass is 569 g/mol. The van der Waals surface area contributed by atoms with Crippen molar-refractivity contribution in [2.24, 2.45) is 0 Å². The fourth-order valence-corrected chi connectivity index (χ4v) is 6.92. The predicted molar refractivity (Wildman–Crippen MR) is 153 cm³/mol. The fraction of sp³-hybridized carbons (Fsp3) is 0.333. The molecule has 0 bridgehead atoms. The molecular formula is C30H30ClF2N3O2S. The summed E-state index contributed by atoms with van der Waals surface area (Å²) in [7, 11) is 5.75. The van der Waals surface area contributed by atoms with Crippen molar-refractivity contribution in [2.75, 3.05) is 21.2 Å². The van der Waals surface area contributed by atoms with Gasteiger partial charge in [0, 0.05) is 42.1 Å².